The number of amides is 1. The van der Waals surface area contributed by atoms with Gasteiger partial charge in [0, 0.05) is 44.0 Å². The van der Waals surface area contributed by atoms with E-state index in [-0.39, 0.29) is 17.1 Å². The summed E-state index contributed by atoms with van der Waals surface area (Å²) in [4.78, 5) is 29.0. The molecule has 1 aliphatic heterocycles. The minimum atomic E-state index is -0.247. The topological polar surface area (TPSA) is 63.0 Å². The van der Waals surface area contributed by atoms with Gasteiger partial charge in [0.15, 0.2) is 11.2 Å². The van der Waals surface area contributed by atoms with Crippen LogP contribution >= 0.6 is 0 Å². The van der Waals surface area contributed by atoms with Crippen molar-refractivity contribution in [1.29, 1.82) is 0 Å². The number of rotatable bonds is 3. The molecule has 1 aliphatic rings. The highest BCUT2D eigenvalue weighted by Crippen LogP contribution is 2.22. The minimum Gasteiger partial charge on any atom is -0.497 e. The lowest BCUT2D eigenvalue weighted by Gasteiger charge is -2.35. The Bertz CT molecular complexity index is 1040. The molecule has 3 aromatic rings. The van der Waals surface area contributed by atoms with Gasteiger partial charge in [-0.3, -0.25) is 9.59 Å². The van der Waals surface area contributed by atoms with E-state index in [9.17, 15) is 9.59 Å². The van der Waals surface area contributed by atoms with Crippen molar-refractivity contribution < 1.29 is 13.9 Å². The molecule has 0 atom stereocenters. The Morgan fingerprint density at radius 1 is 1.00 bits per heavy atom. The van der Waals surface area contributed by atoms with Crippen LogP contribution in [-0.2, 0) is 0 Å². The van der Waals surface area contributed by atoms with Crippen LogP contribution in [0.25, 0.3) is 11.0 Å². The fraction of sp³-hybridized carbons (Fsp3) is 0.238. The predicted molar refractivity (Wildman–Crippen MR) is 104 cm³/mol. The monoisotopic (exact) mass is 364 g/mol. The van der Waals surface area contributed by atoms with Gasteiger partial charge in [0.1, 0.15) is 11.3 Å². The van der Waals surface area contributed by atoms with E-state index in [0.29, 0.717) is 37.1 Å². The molecule has 0 bridgehead atoms. The molecule has 1 fully saturated rings. The van der Waals surface area contributed by atoms with Crippen molar-refractivity contribution in [1.82, 2.24) is 4.90 Å². The number of anilines is 1. The summed E-state index contributed by atoms with van der Waals surface area (Å²) in [5.41, 5.74) is 1.30. The quantitative estimate of drug-likeness (QED) is 0.715. The Morgan fingerprint density at radius 2 is 1.78 bits per heavy atom. The maximum absolute atomic E-state index is 12.8. The van der Waals surface area contributed by atoms with E-state index in [1.54, 1.807) is 36.3 Å². The summed E-state index contributed by atoms with van der Waals surface area (Å²) in [6.07, 6.45) is 0. The zero-order valence-electron chi connectivity index (χ0n) is 15.1. The first-order valence-electron chi connectivity index (χ1n) is 8.87. The van der Waals surface area contributed by atoms with E-state index < -0.39 is 0 Å². The van der Waals surface area contributed by atoms with Gasteiger partial charge in [0.25, 0.3) is 5.91 Å². The molecule has 0 spiro atoms. The Hall–Kier alpha value is -3.28. The zero-order chi connectivity index (χ0) is 18.8. The Labute approximate surface area is 156 Å². The number of piperazine rings is 1. The molecule has 0 radical (unpaired) electrons. The second-order valence-electron chi connectivity index (χ2n) is 6.45. The van der Waals surface area contributed by atoms with Crippen LogP contribution in [0, 0.1) is 0 Å². The third-order valence-corrected chi connectivity index (χ3v) is 4.83. The van der Waals surface area contributed by atoms with Crippen LogP contribution in [0.1, 0.15) is 10.6 Å². The first-order chi connectivity index (χ1) is 13.2. The minimum absolute atomic E-state index is 0.0912. The molecular formula is C21H20N2O4. The van der Waals surface area contributed by atoms with E-state index in [4.69, 9.17) is 9.15 Å². The van der Waals surface area contributed by atoms with Gasteiger partial charge in [-0.15, -0.1) is 0 Å². The van der Waals surface area contributed by atoms with Gasteiger partial charge in [-0.05, 0) is 24.3 Å². The SMILES string of the molecule is COc1cccc(N2CCN(C(=O)c3cc(=O)c4ccccc4o3)CC2)c1. The average Bonchev–Trinajstić information content (AvgIpc) is 2.73. The average molecular weight is 364 g/mol. The third-order valence-electron chi connectivity index (χ3n) is 4.83. The van der Waals surface area contributed by atoms with Gasteiger partial charge in [0.05, 0.1) is 12.5 Å². The Morgan fingerprint density at radius 3 is 2.56 bits per heavy atom. The number of carbonyl (C=O) groups is 1. The highest BCUT2D eigenvalue weighted by Gasteiger charge is 2.24. The third kappa shape index (κ3) is 3.38. The molecule has 1 saturated heterocycles. The van der Waals surface area contributed by atoms with Crippen LogP contribution < -0.4 is 15.1 Å². The van der Waals surface area contributed by atoms with Crippen molar-refractivity contribution in [3.05, 3.63) is 70.6 Å². The van der Waals surface area contributed by atoms with E-state index in [1.807, 2.05) is 24.3 Å². The highest BCUT2D eigenvalue weighted by molar-refractivity contribution is 5.93. The van der Waals surface area contributed by atoms with Crippen molar-refractivity contribution in [3.63, 3.8) is 0 Å². The number of para-hydroxylation sites is 1. The van der Waals surface area contributed by atoms with Crippen molar-refractivity contribution in [3.8, 4) is 5.75 Å². The standard InChI is InChI=1S/C21H20N2O4/c1-26-16-6-4-5-15(13-16)22-9-11-23(12-10-22)21(25)20-14-18(24)17-7-2-3-8-19(17)27-20/h2-8,13-14H,9-12H2,1H3. The summed E-state index contributed by atoms with van der Waals surface area (Å²) in [6, 6.07) is 16.1. The van der Waals surface area contributed by atoms with Crippen LogP contribution in [0.5, 0.6) is 5.75 Å². The molecular weight excluding hydrogens is 344 g/mol. The second kappa shape index (κ2) is 7.15. The van der Waals surface area contributed by atoms with Gasteiger partial charge in [-0.2, -0.15) is 0 Å². The van der Waals surface area contributed by atoms with Crippen LogP contribution in [-0.4, -0.2) is 44.1 Å². The summed E-state index contributed by atoms with van der Waals surface area (Å²) in [7, 11) is 1.65. The molecule has 0 N–H and O–H groups in total. The molecule has 0 aliphatic carbocycles. The second-order valence-corrected chi connectivity index (χ2v) is 6.45. The van der Waals surface area contributed by atoms with E-state index in [1.165, 1.54) is 6.07 Å². The molecule has 4 rings (SSSR count). The lowest BCUT2D eigenvalue weighted by atomic mass is 10.2. The van der Waals surface area contributed by atoms with Crippen molar-refractivity contribution >= 4 is 22.6 Å². The van der Waals surface area contributed by atoms with E-state index in [2.05, 4.69) is 4.90 Å². The largest absolute Gasteiger partial charge is 0.497 e. The summed E-state index contributed by atoms with van der Waals surface area (Å²) in [5.74, 6) is 0.653. The number of ether oxygens (including phenoxy) is 1. The molecule has 0 saturated carbocycles. The number of methoxy groups -OCH3 is 1. The molecule has 27 heavy (non-hydrogen) atoms. The lowest BCUT2D eigenvalue weighted by Crippen LogP contribution is -2.48. The van der Waals surface area contributed by atoms with Gasteiger partial charge >= 0.3 is 0 Å². The number of benzene rings is 2. The number of carbonyl (C=O) groups excluding carboxylic acids is 1. The van der Waals surface area contributed by atoms with Gasteiger partial charge in [-0.1, -0.05) is 18.2 Å². The van der Waals surface area contributed by atoms with Crippen LogP contribution in [0.4, 0.5) is 5.69 Å². The molecule has 138 valence electrons. The maximum Gasteiger partial charge on any atom is 0.289 e. The molecule has 6 nitrogen and oxygen atoms in total. The highest BCUT2D eigenvalue weighted by atomic mass is 16.5. The number of fused-ring (bicyclic) bond motifs is 1. The van der Waals surface area contributed by atoms with Gasteiger partial charge in [0.2, 0.25) is 0 Å². The van der Waals surface area contributed by atoms with Gasteiger partial charge in [-0.25, -0.2) is 0 Å². The molecule has 2 aromatic carbocycles. The van der Waals surface area contributed by atoms with E-state index >= 15 is 0 Å². The van der Waals surface area contributed by atoms with E-state index in [0.717, 1.165) is 11.4 Å². The summed E-state index contributed by atoms with van der Waals surface area (Å²) < 4.78 is 11.0. The fourth-order valence-corrected chi connectivity index (χ4v) is 3.34. The number of hydrogen-bond acceptors (Lipinski definition) is 5. The van der Waals surface area contributed by atoms with Crippen molar-refractivity contribution in [2.45, 2.75) is 0 Å². The fourth-order valence-electron chi connectivity index (χ4n) is 3.34. The molecule has 1 aromatic heterocycles. The van der Waals surface area contributed by atoms with Crippen molar-refractivity contribution in [2.75, 3.05) is 38.2 Å². The zero-order valence-corrected chi connectivity index (χ0v) is 15.1. The first-order valence-corrected chi connectivity index (χ1v) is 8.87. The normalized spacial score (nSPS) is 14.4. The Kier molecular flexibility index (Phi) is 4.54. The van der Waals surface area contributed by atoms with Crippen LogP contribution in [0.2, 0.25) is 0 Å². The summed E-state index contributed by atoms with van der Waals surface area (Å²) in [6.45, 7) is 2.53. The molecule has 6 heteroatoms. The number of nitrogens with zero attached hydrogens (tertiary/aromatic N) is 2. The summed E-state index contributed by atoms with van der Waals surface area (Å²) >= 11 is 0. The van der Waals surface area contributed by atoms with Crippen LogP contribution in [0.3, 0.4) is 0 Å². The molecule has 0 unspecified atom stereocenters. The molecule has 1 amide bonds. The maximum atomic E-state index is 12.8. The Balaban J connectivity index is 1.49. The van der Waals surface area contributed by atoms with Gasteiger partial charge < -0.3 is 19.0 Å². The van der Waals surface area contributed by atoms with Crippen molar-refractivity contribution in [2.24, 2.45) is 0 Å². The molecule has 2 heterocycles. The smallest absolute Gasteiger partial charge is 0.289 e. The summed E-state index contributed by atoms with van der Waals surface area (Å²) in [5, 5.41) is 0.483. The van der Waals surface area contributed by atoms with Crippen LogP contribution in [0.15, 0.2) is 63.8 Å². The number of hydrogen-bond donors (Lipinski definition) is 0. The predicted octanol–water partition coefficient (Wildman–Crippen LogP) is 2.76. The first kappa shape index (κ1) is 17.1. The lowest BCUT2D eigenvalue weighted by molar-refractivity contribution is 0.0715.